The van der Waals surface area contributed by atoms with Crippen LogP contribution in [0.5, 0.6) is 0 Å². The molecule has 0 aliphatic carbocycles. The molecule has 2 heterocycles. The molecule has 0 radical (unpaired) electrons. The van der Waals surface area contributed by atoms with Gasteiger partial charge in [-0.05, 0) is 24.3 Å². The molecule has 0 unspecified atom stereocenters. The van der Waals surface area contributed by atoms with E-state index in [1.807, 2.05) is 34.9 Å². The first-order chi connectivity index (χ1) is 14.0. The Morgan fingerprint density at radius 1 is 1.03 bits per heavy atom. The maximum atomic E-state index is 13.0. The highest BCUT2D eigenvalue weighted by atomic mass is 32.2. The molecule has 9 heteroatoms. The van der Waals surface area contributed by atoms with Gasteiger partial charge in [0.15, 0.2) is 0 Å². The van der Waals surface area contributed by atoms with Crippen LogP contribution in [0.4, 0.5) is 0 Å². The molecule has 1 aliphatic heterocycles. The third-order valence-corrected chi connectivity index (χ3v) is 7.13. The number of hydrogen-bond donors (Lipinski definition) is 1. The molecule has 3 aromatic rings. The summed E-state index contributed by atoms with van der Waals surface area (Å²) in [6.45, 7) is 2.13. The first kappa shape index (κ1) is 19.5. The Balaban J connectivity index is 1.50. The number of imidazole rings is 1. The Morgan fingerprint density at radius 3 is 2.45 bits per heavy atom. The van der Waals surface area contributed by atoms with Crippen molar-refractivity contribution in [3.8, 4) is 6.07 Å². The zero-order chi connectivity index (χ0) is 20.4. The monoisotopic (exact) mass is 411 g/mol. The van der Waals surface area contributed by atoms with E-state index in [9.17, 15) is 18.8 Å². The highest BCUT2D eigenvalue weighted by Gasteiger charge is 2.30. The first-order valence-corrected chi connectivity index (χ1v) is 10.7. The second kappa shape index (κ2) is 7.93. The summed E-state index contributed by atoms with van der Waals surface area (Å²) in [6, 6.07) is 15.9. The lowest BCUT2D eigenvalue weighted by molar-refractivity contribution is 0.148. The Morgan fingerprint density at radius 2 is 1.72 bits per heavy atom. The van der Waals surface area contributed by atoms with Gasteiger partial charge >= 0.3 is 0 Å². The van der Waals surface area contributed by atoms with Gasteiger partial charge in [-0.3, -0.25) is 4.90 Å². The van der Waals surface area contributed by atoms with Crippen molar-refractivity contribution >= 4 is 21.1 Å². The number of nitrogens with zero attached hydrogens (tertiary/aromatic N) is 5. The number of aromatic nitrogens is 2. The van der Waals surface area contributed by atoms with E-state index in [0.29, 0.717) is 38.7 Å². The molecule has 1 N–H and O–H groups in total. The summed E-state index contributed by atoms with van der Waals surface area (Å²) in [5.41, 5.74) is 1.92. The van der Waals surface area contributed by atoms with E-state index in [-0.39, 0.29) is 17.1 Å². The zero-order valence-electron chi connectivity index (χ0n) is 15.8. The summed E-state index contributed by atoms with van der Waals surface area (Å²) in [7, 11) is -3.71. The average Bonchev–Trinajstić information content (AvgIpc) is 3.11. The maximum absolute atomic E-state index is 13.0. The fourth-order valence-electron chi connectivity index (χ4n) is 3.64. The summed E-state index contributed by atoms with van der Waals surface area (Å²) in [5.74, 6) is 0.587. The SMILES string of the molecule is N#Cc1ccccc1S(=O)(=O)N1CCN(Cn2c(CO)nc3ccccc32)CC1. The predicted octanol–water partition coefficient (Wildman–Crippen LogP) is 1.36. The van der Waals surface area contributed by atoms with Gasteiger partial charge in [-0.1, -0.05) is 24.3 Å². The van der Waals surface area contributed by atoms with Crippen molar-refractivity contribution in [2.24, 2.45) is 0 Å². The van der Waals surface area contributed by atoms with Crippen LogP contribution in [0.3, 0.4) is 0 Å². The van der Waals surface area contributed by atoms with Gasteiger partial charge in [0.1, 0.15) is 18.5 Å². The number of aliphatic hydroxyl groups excluding tert-OH is 1. The van der Waals surface area contributed by atoms with Crippen LogP contribution in [0.1, 0.15) is 11.4 Å². The van der Waals surface area contributed by atoms with Crippen molar-refractivity contribution in [2.45, 2.75) is 18.2 Å². The Hall–Kier alpha value is -2.77. The summed E-state index contributed by atoms with van der Waals surface area (Å²) in [6.07, 6.45) is 0. The van der Waals surface area contributed by atoms with E-state index < -0.39 is 10.0 Å². The molecular formula is C20H21N5O3S. The predicted molar refractivity (Wildman–Crippen MR) is 107 cm³/mol. The Bertz CT molecular complexity index is 1170. The number of sulfonamides is 1. The van der Waals surface area contributed by atoms with Crippen molar-refractivity contribution < 1.29 is 13.5 Å². The van der Waals surface area contributed by atoms with E-state index in [1.54, 1.807) is 12.1 Å². The molecule has 4 rings (SSSR count). The van der Waals surface area contributed by atoms with Crippen LogP contribution in [0.15, 0.2) is 53.4 Å². The molecule has 0 amide bonds. The molecule has 8 nitrogen and oxygen atoms in total. The minimum atomic E-state index is -3.71. The second-order valence-corrected chi connectivity index (χ2v) is 8.78. The highest BCUT2D eigenvalue weighted by molar-refractivity contribution is 7.89. The van der Waals surface area contributed by atoms with Gasteiger partial charge in [-0.2, -0.15) is 9.57 Å². The molecule has 0 bridgehead atoms. The number of piperazine rings is 1. The fourth-order valence-corrected chi connectivity index (χ4v) is 5.20. The minimum Gasteiger partial charge on any atom is -0.388 e. The zero-order valence-corrected chi connectivity index (χ0v) is 16.6. The maximum Gasteiger partial charge on any atom is 0.244 e. The van der Waals surface area contributed by atoms with Crippen LogP contribution >= 0.6 is 0 Å². The standard InChI is InChI=1S/C20H21N5O3S/c21-13-16-5-1-4-8-19(16)29(27,28)24-11-9-23(10-12-24)15-25-18-7-3-2-6-17(18)22-20(25)14-26/h1-8,26H,9-12,14-15H2. The number of aliphatic hydroxyl groups is 1. The van der Waals surface area contributed by atoms with E-state index in [1.165, 1.54) is 16.4 Å². The van der Waals surface area contributed by atoms with Crippen LogP contribution in [0.25, 0.3) is 11.0 Å². The lowest BCUT2D eigenvalue weighted by atomic mass is 10.2. The molecule has 1 aliphatic rings. The highest BCUT2D eigenvalue weighted by Crippen LogP contribution is 2.22. The van der Waals surface area contributed by atoms with Gasteiger partial charge in [0.2, 0.25) is 10.0 Å². The number of nitriles is 1. The molecule has 0 saturated carbocycles. The summed E-state index contributed by atoms with van der Waals surface area (Å²) in [5, 5.41) is 18.9. The van der Waals surface area contributed by atoms with Crippen molar-refractivity contribution in [1.82, 2.24) is 18.8 Å². The lowest BCUT2D eigenvalue weighted by Crippen LogP contribution is -2.49. The van der Waals surface area contributed by atoms with Gasteiger partial charge in [0.25, 0.3) is 0 Å². The Kier molecular flexibility index (Phi) is 5.34. The third-order valence-electron chi connectivity index (χ3n) is 5.17. The minimum absolute atomic E-state index is 0.0547. The molecule has 0 atom stereocenters. The summed E-state index contributed by atoms with van der Waals surface area (Å²) >= 11 is 0. The number of benzene rings is 2. The van der Waals surface area contributed by atoms with Crippen LogP contribution in [0.2, 0.25) is 0 Å². The normalized spacial score (nSPS) is 16.1. The molecule has 1 aromatic heterocycles. The molecule has 1 saturated heterocycles. The van der Waals surface area contributed by atoms with E-state index >= 15 is 0 Å². The quantitative estimate of drug-likeness (QED) is 0.680. The van der Waals surface area contributed by atoms with Crippen molar-refractivity contribution in [1.29, 1.82) is 5.26 Å². The summed E-state index contributed by atoms with van der Waals surface area (Å²) in [4.78, 5) is 6.65. The number of rotatable bonds is 5. The van der Waals surface area contributed by atoms with Gasteiger partial charge in [-0.15, -0.1) is 0 Å². The summed E-state index contributed by atoms with van der Waals surface area (Å²) < 4.78 is 29.3. The van der Waals surface area contributed by atoms with Gasteiger partial charge in [0.05, 0.1) is 28.2 Å². The average molecular weight is 411 g/mol. The van der Waals surface area contributed by atoms with Crippen LogP contribution in [0, 0.1) is 11.3 Å². The van der Waals surface area contributed by atoms with Gasteiger partial charge < -0.3 is 9.67 Å². The molecule has 150 valence electrons. The number of hydrogen-bond acceptors (Lipinski definition) is 6. The van der Waals surface area contributed by atoms with Gasteiger partial charge in [-0.25, -0.2) is 13.4 Å². The molecule has 29 heavy (non-hydrogen) atoms. The van der Waals surface area contributed by atoms with E-state index in [2.05, 4.69) is 9.88 Å². The van der Waals surface area contributed by atoms with Crippen LogP contribution in [-0.2, 0) is 23.3 Å². The van der Waals surface area contributed by atoms with Gasteiger partial charge in [0, 0.05) is 26.2 Å². The molecule has 2 aromatic carbocycles. The third kappa shape index (κ3) is 3.63. The largest absolute Gasteiger partial charge is 0.388 e. The van der Waals surface area contributed by atoms with E-state index in [0.717, 1.165) is 11.0 Å². The van der Waals surface area contributed by atoms with Crippen molar-refractivity contribution in [3.05, 3.63) is 59.9 Å². The lowest BCUT2D eigenvalue weighted by Gasteiger charge is -2.34. The topological polar surface area (TPSA) is 102 Å². The second-order valence-electron chi connectivity index (χ2n) is 6.87. The smallest absolute Gasteiger partial charge is 0.244 e. The molecule has 0 spiro atoms. The van der Waals surface area contributed by atoms with Crippen LogP contribution in [-0.4, -0.2) is 58.5 Å². The van der Waals surface area contributed by atoms with Crippen LogP contribution < -0.4 is 0 Å². The number of fused-ring (bicyclic) bond motifs is 1. The Labute approximate surface area is 169 Å². The molecule has 1 fully saturated rings. The van der Waals surface area contributed by atoms with E-state index in [4.69, 9.17) is 0 Å². The van der Waals surface area contributed by atoms with Crippen molar-refractivity contribution in [2.75, 3.05) is 26.2 Å². The van der Waals surface area contributed by atoms with Crippen molar-refractivity contribution in [3.63, 3.8) is 0 Å². The first-order valence-electron chi connectivity index (χ1n) is 9.31. The fraction of sp³-hybridized carbons (Fsp3) is 0.300. The molecular weight excluding hydrogens is 390 g/mol. The number of para-hydroxylation sites is 2.